The van der Waals surface area contributed by atoms with Gasteiger partial charge < -0.3 is 4.90 Å². The summed E-state index contributed by atoms with van der Waals surface area (Å²) in [6.45, 7) is 5.06. The first kappa shape index (κ1) is 11.0. The van der Waals surface area contributed by atoms with E-state index in [1.165, 1.54) is 11.1 Å². The molecule has 0 aliphatic rings. The normalized spacial score (nSPS) is 10.5. The van der Waals surface area contributed by atoms with E-state index in [1.807, 2.05) is 0 Å². The summed E-state index contributed by atoms with van der Waals surface area (Å²) in [7, 11) is 4.15. The van der Waals surface area contributed by atoms with E-state index < -0.39 is 0 Å². The van der Waals surface area contributed by atoms with E-state index in [0.717, 1.165) is 19.4 Å². The quantitative estimate of drug-likeness (QED) is 0.644. The van der Waals surface area contributed by atoms with Gasteiger partial charge in [-0.05, 0) is 32.5 Å². The van der Waals surface area contributed by atoms with Crippen LogP contribution in [0.4, 0.5) is 0 Å². The standard InChI is InChI=1S/C13H19N/c1-12(11-14(2)3)9-10-13-7-5-4-6-8-13/h4-8H,1,9-11H2,2-3H3. The van der Waals surface area contributed by atoms with Crippen LogP contribution in [-0.2, 0) is 6.42 Å². The molecule has 0 spiro atoms. The van der Waals surface area contributed by atoms with Crippen molar-refractivity contribution in [3.8, 4) is 0 Å². The third-order valence-corrected chi connectivity index (χ3v) is 2.15. The van der Waals surface area contributed by atoms with Crippen LogP contribution in [0, 0.1) is 0 Å². The third kappa shape index (κ3) is 4.24. The molecule has 0 aliphatic heterocycles. The number of likely N-dealkylation sites (N-methyl/N-ethyl adjacent to an activating group) is 1. The number of hydrogen-bond donors (Lipinski definition) is 0. The lowest BCUT2D eigenvalue weighted by atomic mass is 10.1. The average Bonchev–Trinajstić information content (AvgIpc) is 2.15. The molecule has 0 radical (unpaired) electrons. The van der Waals surface area contributed by atoms with Gasteiger partial charge in [-0.1, -0.05) is 42.5 Å². The number of hydrogen-bond acceptors (Lipinski definition) is 1. The van der Waals surface area contributed by atoms with Crippen molar-refractivity contribution in [1.82, 2.24) is 4.90 Å². The van der Waals surface area contributed by atoms with Gasteiger partial charge in [0.15, 0.2) is 0 Å². The zero-order valence-electron chi connectivity index (χ0n) is 9.16. The Hall–Kier alpha value is -1.08. The fraction of sp³-hybridized carbons (Fsp3) is 0.385. The maximum absolute atomic E-state index is 4.07. The number of benzene rings is 1. The molecule has 0 atom stereocenters. The summed E-state index contributed by atoms with van der Waals surface area (Å²) in [6.07, 6.45) is 2.19. The number of aryl methyl sites for hydroxylation is 1. The molecule has 0 N–H and O–H groups in total. The molecule has 76 valence electrons. The minimum absolute atomic E-state index is 0.993. The van der Waals surface area contributed by atoms with Crippen molar-refractivity contribution in [2.75, 3.05) is 20.6 Å². The Balaban J connectivity index is 2.31. The first-order valence-electron chi connectivity index (χ1n) is 5.04. The maximum Gasteiger partial charge on any atom is 0.0184 e. The Morgan fingerprint density at radius 3 is 2.43 bits per heavy atom. The first-order valence-corrected chi connectivity index (χ1v) is 5.04. The summed E-state index contributed by atoms with van der Waals surface area (Å²) in [5.41, 5.74) is 2.70. The Morgan fingerprint density at radius 2 is 1.86 bits per heavy atom. The minimum atomic E-state index is 0.993. The van der Waals surface area contributed by atoms with Gasteiger partial charge in [0.2, 0.25) is 0 Å². The zero-order valence-corrected chi connectivity index (χ0v) is 9.16. The number of rotatable bonds is 5. The molecule has 1 aromatic rings. The maximum atomic E-state index is 4.07. The van der Waals surface area contributed by atoms with Gasteiger partial charge in [-0.3, -0.25) is 0 Å². The second-order valence-electron chi connectivity index (χ2n) is 3.97. The predicted molar refractivity (Wildman–Crippen MR) is 62.5 cm³/mol. The van der Waals surface area contributed by atoms with Crippen LogP contribution < -0.4 is 0 Å². The Labute approximate surface area is 87.1 Å². The number of nitrogens with zero attached hydrogens (tertiary/aromatic N) is 1. The molecule has 0 heterocycles. The molecule has 0 saturated carbocycles. The van der Waals surface area contributed by atoms with Crippen molar-refractivity contribution in [3.63, 3.8) is 0 Å². The van der Waals surface area contributed by atoms with Crippen LogP contribution in [0.25, 0.3) is 0 Å². The predicted octanol–water partition coefficient (Wildman–Crippen LogP) is 2.74. The monoisotopic (exact) mass is 189 g/mol. The molecule has 1 rings (SSSR count). The van der Waals surface area contributed by atoms with E-state index in [4.69, 9.17) is 0 Å². The summed E-state index contributed by atoms with van der Waals surface area (Å²) >= 11 is 0. The van der Waals surface area contributed by atoms with Gasteiger partial charge in [0.1, 0.15) is 0 Å². The molecule has 0 saturated heterocycles. The molecule has 1 aromatic carbocycles. The Kier molecular flexibility index (Phi) is 4.41. The molecule has 14 heavy (non-hydrogen) atoms. The minimum Gasteiger partial charge on any atom is -0.305 e. The highest BCUT2D eigenvalue weighted by Crippen LogP contribution is 2.07. The average molecular weight is 189 g/mol. The smallest absolute Gasteiger partial charge is 0.0184 e. The molecule has 0 aliphatic carbocycles. The van der Waals surface area contributed by atoms with Crippen LogP contribution in [-0.4, -0.2) is 25.5 Å². The zero-order chi connectivity index (χ0) is 10.4. The SMILES string of the molecule is C=C(CCc1ccccc1)CN(C)C. The van der Waals surface area contributed by atoms with E-state index in [0.29, 0.717) is 0 Å². The van der Waals surface area contributed by atoms with Crippen LogP contribution in [0.3, 0.4) is 0 Å². The van der Waals surface area contributed by atoms with Crippen molar-refractivity contribution in [2.24, 2.45) is 0 Å². The van der Waals surface area contributed by atoms with Crippen LogP contribution in [0.2, 0.25) is 0 Å². The molecule has 0 unspecified atom stereocenters. The van der Waals surface area contributed by atoms with E-state index in [9.17, 15) is 0 Å². The van der Waals surface area contributed by atoms with Crippen LogP contribution in [0.5, 0.6) is 0 Å². The topological polar surface area (TPSA) is 3.24 Å². The highest BCUT2D eigenvalue weighted by atomic mass is 15.0. The van der Waals surface area contributed by atoms with Crippen LogP contribution in [0.15, 0.2) is 42.5 Å². The second kappa shape index (κ2) is 5.61. The lowest BCUT2D eigenvalue weighted by molar-refractivity contribution is 0.440. The molecular weight excluding hydrogens is 170 g/mol. The van der Waals surface area contributed by atoms with Crippen molar-refractivity contribution in [2.45, 2.75) is 12.8 Å². The molecule has 0 fully saturated rings. The fourth-order valence-electron chi connectivity index (χ4n) is 1.49. The highest BCUT2D eigenvalue weighted by molar-refractivity contribution is 5.16. The summed E-state index contributed by atoms with van der Waals surface area (Å²) in [5, 5.41) is 0. The molecule has 0 amide bonds. The van der Waals surface area contributed by atoms with Crippen molar-refractivity contribution >= 4 is 0 Å². The largest absolute Gasteiger partial charge is 0.305 e. The molecule has 0 aromatic heterocycles. The summed E-state index contributed by atoms with van der Waals surface area (Å²) in [5.74, 6) is 0. The van der Waals surface area contributed by atoms with Gasteiger partial charge in [-0.25, -0.2) is 0 Å². The first-order chi connectivity index (χ1) is 6.68. The van der Waals surface area contributed by atoms with Crippen LogP contribution in [0.1, 0.15) is 12.0 Å². The van der Waals surface area contributed by atoms with Gasteiger partial charge in [0.25, 0.3) is 0 Å². The summed E-state index contributed by atoms with van der Waals surface area (Å²) in [6, 6.07) is 10.6. The van der Waals surface area contributed by atoms with Gasteiger partial charge in [-0.15, -0.1) is 0 Å². The lowest BCUT2D eigenvalue weighted by Crippen LogP contribution is -2.14. The van der Waals surface area contributed by atoms with Crippen molar-refractivity contribution in [3.05, 3.63) is 48.0 Å². The second-order valence-corrected chi connectivity index (χ2v) is 3.97. The summed E-state index contributed by atoms with van der Waals surface area (Å²) < 4.78 is 0. The van der Waals surface area contributed by atoms with E-state index in [1.54, 1.807) is 0 Å². The molecular formula is C13H19N. The molecule has 0 bridgehead atoms. The van der Waals surface area contributed by atoms with Gasteiger partial charge in [0, 0.05) is 6.54 Å². The van der Waals surface area contributed by atoms with Gasteiger partial charge in [-0.2, -0.15) is 0 Å². The van der Waals surface area contributed by atoms with Crippen LogP contribution >= 0.6 is 0 Å². The molecule has 1 heteroatoms. The fourth-order valence-corrected chi connectivity index (χ4v) is 1.49. The highest BCUT2D eigenvalue weighted by Gasteiger charge is 1.97. The Morgan fingerprint density at radius 1 is 1.21 bits per heavy atom. The van der Waals surface area contributed by atoms with Gasteiger partial charge in [0.05, 0.1) is 0 Å². The van der Waals surface area contributed by atoms with E-state index in [2.05, 4.69) is 55.9 Å². The van der Waals surface area contributed by atoms with Gasteiger partial charge >= 0.3 is 0 Å². The lowest BCUT2D eigenvalue weighted by Gasteiger charge is -2.11. The van der Waals surface area contributed by atoms with E-state index >= 15 is 0 Å². The Bertz CT molecular complexity index is 275. The third-order valence-electron chi connectivity index (χ3n) is 2.15. The van der Waals surface area contributed by atoms with Crippen molar-refractivity contribution < 1.29 is 0 Å². The van der Waals surface area contributed by atoms with E-state index in [-0.39, 0.29) is 0 Å². The molecule has 1 nitrogen and oxygen atoms in total. The van der Waals surface area contributed by atoms with Crippen molar-refractivity contribution in [1.29, 1.82) is 0 Å². The summed E-state index contributed by atoms with van der Waals surface area (Å²) in [4.78, 5) is 2.16.